The number of ether oxygens (including phenoxy) is 1. The maximum Gasteiger partial charge on any atom is 0.241 e. The number of sulfonamides is 1. The van der Waals surface area contributed by atoms with Crippen LogP contribution in [0.5, 0.6) is 0 Å². The molecular weight excluding hydrogens is 283 g/mol. The molecule has 1 aromatic carbocycles. The van der Waals surface area contributed by atoms with Crippen molar-refractivity contribution in [3.05, 3.63) is 23.5 Å². The molecule has 112 valence electrons. The lowest BCUT2D eigenvalue weighted by atomic mass is 9.94. The van der Waals surface area contributed by atoms with Crippen LogP contribution in [-0.2, 0) is 14.8 Å². The van der Waals surface area contributed by atoms with Crippen molar-refractivity contribution >= 4 is 15.7 Å². The Morgan fingerprint density at radius 2 is 1.95 bits per heavy atom. The van der Waals surface area contributed by atoms with E-state index in [-0.39, 0.29) is 16.1 Å². The van der Waals surface area contributed by atoms with Crippen LogP contribution in [0, 0.1) is 12.7 Å². The summed E-state index contributed by atoms with van der Waals surface area (Å²) in [4.78, 5) is -0.147. The van der Waals surface area contributed by atoms with E-state index in [1.165, 1.54) is 13.0 Å². The minimum absolute atomic E-state index is 0.127. The predicted molar refractivity (Wildman–Crippen MR) is 74.3 cm³/mol. The van der Waals surface area contributed by atoms with E-state index in [4.69, 9.17) is 10.5 Å². The first kappa shape index (κ1) is 15.2. The molecule has 0 saturated carbocycles. The second-order valence-electron chi connectivity index (χ2n) is 5.40. The number of nitrogens with one attached hydrogen (secondary N) is 1. The van der Waals surface area contributed by atoms with Crippen LogP contribution in [0.4, 0.5) is 10.1 Å². The fraction of sp³-hybridized carbons (Fsp3) is 0.538. The SMILES string of the molecule is Cc1c(N)cc(S(=O)(=O)NC2(C)CCOCC2)cc1F. The molecule has 2 rings (SSSR count). The fourth-order valence-electron chi connectivity index (χ4n) is 2.14. The van der Waals surface area contributed by atoms with E-state index in [0.29, 0.717) is 26.1 Å². The van der Waals surface area contributed by atoms with Gasteiger partial charge in [-0.25, -0.2) is 17.5 Å². The number of rotatable bonds is 3. The third kappa shape index (κ3) is 3.11. The number of benzene rings is 1. The zero-order valence-electron chi connectivity index (χ0n) is 11.6. The summed E-state index contributed by atoms with van der Waals surface area (Å²) < 4.78 is 46.2. The quantitative estimate of drug-likeness (QED) is 0.830. The number of nitrogen functional groups attached to an aromatic ring is 1. The van der Waals surface area contributed by atoms with E-state index in [1.54, 1.807) is 0 Å². The molecule has 1 aliphatic rings. The molecule has 0 unspecified atom stereocenters. The average molecular weight is 302 g/mol. The molecule has 0 amide bonds. The molecule has 0 spiro atoms. The van der Waals surface area contributed by atoms with Gasteiger partial charge in [0, 0.05) is 30.0 Å². The largest absolute Gasteiger partial charge is 0.398 e. The van der Waals surface area contributed by atoms with Gasteiger partial charge in [-0.05, 0) is 38.8 Å². The van der Waals surface area contributed by atoms with E-state index < -0.39 is 21.4 Å². The van der Waals surface area contributed by atoms with E-state index in [0.717, 1.165) is 6.07 Å². The van der Waals surface area contributed by atoms with Crippen molar-refractivity contribution in [1.29, 1.82) is 0 Å². The molecule has 0 radical (unpaired) electrons. The first-order chi connectivity index (χ1) is 9.23. The molecule has 1 aromatic rings. The first-order valence-corrected chi connectivity index (χ1v) is 7.89. The standard InChI is InChI=1S/C13H19FN2O3S/c1-9-11(14)7-10(8-12(9)15)20(17,18)16-13(2)3-5-19-6-4-13/h7-8,16H,3-6,15H2,1-2H3. The summed E-state index contributed by atoms with van der Waals surface area (Å²) in [5.74, 6) is -0.623. The lowest BCUT2D eigenvalue weighted by Gasteiger charge is -2.34. The lowest BCUT2D eigenvalue weighted by Crippen LogP contribution is -2.49. The van der Waals surface area contributed by atoms with E-state index in [1.807, 2.05) is 6.92 Å². The zero-order chi connectivity index (χ0) is 15.0. The zero-order valence-corrected chi connectivity index (χ0v) is 12.4. The van der Waals surface area contributed by atoms with Gasteiger partial charge in [-0.2, -0.15) is 0 Å². The normalized spacial score (nSPS) is 18.9. The molecule has 1 saturated heterocycles. The number of hydrogen-bond acceptors (Lipinski definition) is 4. The Balaban J connectivity index is 2.31. The van der Waals surface area contributed by atoms with Crippen LogP contribution in [0.3, 0.4) is 0 Å². The Bertz CT molecular complexity index is 587. The Kier molecular flexibility index (Phi) is 4.04. The molecule has 7 heteroatoms. The first-order valence-electron chi connectivity index (χ1n) is 6.41. The lowest BCUT2D eigenvalue weighted by molar-refractivity contribution is 0.0537. The molecule has 1 aliphatic heterocycles. The summed E-state index contributed by atoms with van der Waals surface area (Å²) in [6.45, 7) is 4.34. The van der Waals surface area contributed by atoms with Gasteiger partial charge in [-0.3, -0.25) is 0 Å². The van der Waals surface area contributed by atoms with Crippen molar-refractivity contribution in [3.63, 3.8) is 0 Å². The molecule has 1 heterocycles. The molecule has 1 fully saturated rings. The highest BCUT2D eigenvalue weighted by atomic mass is 32.2. The highest BCUT2D eigenvalue weighted by Crippen LogP contribution is 2.25. The molecule has 0 aliphatic carbocycles. The van der Waals surface area contributed by atoms with Gasteiger partial charge in [-0.15, -0.1) is 0 Å². The summed E-state index contributed by atoms with van der Waals surface area (Å²) in [6, 6.07) is 2.28. The Morgan fingerprint density at radius 1 is 1.35 bits per heavy atom. The number of nitrogens with two attached hydrogens (primary N) is 1. The van der Waals surface area contributed by atoms with E-state index in [2.05, 4.69) is 4.72 Å². The van der Waals surface area contributed by atoms with Crippen LogP contribution in [-0.4, -0.2) is 27.2 Å². The van der Waals surface area contributed by atoms with Gasteiger partial charge >= 0.3 is 0 Å². The van der Waals surface area contributed by atoms with Gasteiger partial charge in [-0.1, -0.05) is 0 Å². The fourth-order valence-corrected chi connectivity index (χ4v) is 3.65. The second-order valence-corrected chi connectivity index (χ2v) is 7.08. The highest BCUT2D eigenvalue weighted by Gasteiger charge is 2.33. The number of hydrogen-bond donors (Lipinski definition) is 2. The average Bonchev–Trinajstić information content (AvgIpc) is 2.35. The van der Waals surface area contributed by atoms with Gasteiger partial charge in [0.05, 0.1) is 4.90 Å². The molecule has 3 N–H and O–H groups in total. The van der Waals surface area contributed by atoms with Crippen molar-refractivity contribution in [2.24, 2.45) is 0 Å². The molecule has 0 aromatic heterocycles. The van der Waals surface area contributed by atoms with Crippen molar-refractivity contribution in [3.8, 4) is 0 Å². The van der Waals surface area contributed by atoms with Crippen molar-refractivity contribution < 1.29 is 17.5 Å². The minimum atomic E-state index is -3.81. The van der Waals surface area contributed by atoms with Crippen LogP contribution in [0.1, 0.15) is 25.3 Å². The van der Waals surface area contributed by atoms with Gasteiger partial charge < -0.3 is 10.5 Å². The second kappa shape index (κ2) is 5.31. The van der Waals surface area contributed by atoms with Crippen LogP contribution < -0.4 is 10.5 Å². The van der Waals surface area contributed by atoms with Crippen molar-refractivity contribution in [2.75, 3.05) is 18.9 Å². The van der Waals surface area contributed by atoms with Crippen LogP contribution >= 0.6 is 0 Å². The molecule has 5 nitrogen and oxygen atoms in total. The molecule has 20 heavy (non-hydrogen) atoms. The summed E-state index contributed by atoms with van der Waals surface area (Å²) in [5, 5.41) is 0. The van der Waals surface area contributed by atoms with Gasteiger partial charge in [0.1, 0.15) is 5.82 Å². The third-order valence-electron chi connectivity index (χ3n) is 3.65. The summed E-state index contributed by atoms with van der Waals surface area (Å²) in [7, 11) is -3.81. The van der Waals surface area contributed by atoms with Crippen LogP contribution in [0.2, 0.25) is 0 Å². The van der Waals surface area contributed by atoms with Crippen molar-refractivity contribution in [2.45, 2.75) is 37.1 Å². The van der Waals surface area contributed by atoms with Gasteiger partial charge in [0.15, 0.2) is 0 Å². The molecule has 0 atom stereocenters. The van der Waals surface area contributed by atoms with Gasteiger partial charge in [0.2, 0.25) is 10.0 Å². The monoisotopic (exact) mass is 302 g/mol. The third-order valence-corrected chi connectivity index (χ3v) is 5.26. The Morgan fingerprint density at radius 3 is 2.50 bits per heavy atom. The predicted octanol–water partition coefficient (Wildman–Crippen LogP) is 1.56. The minimum Gasteiger partial charge on any atom is -0.398 e. The maximum atomic E-state index is 13.7. The summed E-state index contributed by atoms with van der Waals surface area (Å²) in [5.41, 5.74) is 5.43. The number of anilines is 1. The smallest absolute Gasteiger partial charge is 0.241 e. The summed E-state index contributed by atoms with van der Waals surface area (Å²) >= 11 is 0. The highest BCUT2D eigenvalue weighted by molar-refractivity contribution is 7.89. The Labute approximate surface area is 118 Å². The molecular formula is C13H19FN2O3S. The van der Waals surface area contributed by atoms with Crippen LogP contribution in [0.15, 0.2) is 17.0 Å². The van der Waals surface area contributed by atoms with Crippen LogP contribution in [0.25, 0.3) is 0 Å². The van der Waals surface area contributed by atoms with E-state index in [9.17, 15) is 12.8 Å². The number of halogens is 1. The van der Waals surface area contributed by atoms with Gasteiger partial charge in [0.25, 0.3) is 0 Å². The van der Waals surface area contributed by atoms with E-state index >= 15 is 0 Å². The topological polar surface area (TPSA) is 81.4 Å². The summed E-state index contributed by atoms with van der Waals surface area (Å²) in [6.07, 6.45) is 1.16. The maximum absolute atomic E-state index is 13.7. The molecule has 0 bridgehead atoms. The van der Waals surface area contributed by atoms with Crippen molar-refractivity contribution in [1.82, 2.24) is 4.72 Å². The Hall–Kier alpha value is -1.18.